The van der Waals surface area contributed by atoms with Crippen molar-refractivity contribution in [1.29, 1.82) is 0 Å². The molecule has 0 aromatic heterocycles. The summed E-state index contributed by atoms with van der Waals surface area (Å²) in [5.41, 5.74) is 1.26. The molecule has 1 aromatic rings. The van der Waals surface area contributed by atoms with E-state index in [0.717, 1.165) is 0 Å². The molecule has 102 valence electrons. The van der Waals surface area contributed by atoms with Crippen LogP contribution in [0.5, 0.6) is 0 Å². The molecule has 19 heavy (non-hydrogen) atoms. The third kappa shape index (κ3) is 13.2. The minimum absolute atomic E-state index is 0. The fourth-order valence-corrected chi connectivity index (χ4v) is 1.44. The van der Waals surface area contributed by atoms with E-state index in [1.54, 1.807) is 7.11 Å². The number of benzene rings is 1. The van der Waals surface area contributed by atoms with Gasteiger partial charge in [0.05, 0.1) is 6.10 Å². The van der Waals surface area contributed by atoms with Gasteiger partial charge >= 0.3 is 33.9 Å². The first-order valence-corrected chi connectivity index (χ1v) is 4.94. The standard InChI is InChI=1S/C11H16O.3CO.Cr/c1-9(2)11(12-3)10-7-5-4-6-8-10;3*1-2;/h4-9,11H,1-3H3;;;;. The van der Waals surface area contributed by atoms with E-state index in [9.17, 15) is 0 Å². The van der Waals surface area contributed by atoms with Gasteiger partial charge in [-0.2, -0.15) is 0 Å². The van der Waals surface area contributed by atoms with Crippen molar-refractivity contribution < 1.29 is 36.1 Å². The van der Waals surface area contributed by atoms with Gasteiger partial charge in [0.1, 0.15) is 0 Å². The summed E-state index contributed by atoms with van der Waals surface area (Å²) in [6, 6.07) is 10.3. The summed E-state index contributed by atoms with van der Waals surface area (Å²) >= 11 is 0. The van der Waals surface area contributed by atoms with Crippen molar-refractivity contribution in [2.45, 2.75) is 20.0 Å². The molecule has 1 atom stereocenters. The molecule has 0 aliphatic carbocycles. The van der Waals surface area contributed by atoms with Crippen molar-refractivity contribution in [3.63, 3.8) is 0 Å². The Bertz CT molecular complexity index is 316. The van der Waals surface area contributed by atoms with Crippen LogP contribution >= 0.6 is 0 Å². The molecule has 5 heteroatoms. The van der Waals surface area contributed by atoms with Crippen molar-refractivity contribution in [2.75, 3.05) is 7.11 Å². The molecule has 4 nitrogen and oxygen atoms in total. The number of hydrogen-bond acceptors (Lipinski definition) is 1. The van der Waals surface area contributed by atoms with Crippen molar-refractivity contribution in [3.05, 3.63) is 55.8 Å². The number of hydrogen-bond donors (Lipinski definition) is 0. The van der Waals surface area contributed by atoms with Gasteiger partial charge in [0.2, 0.25) is 0 Å². The molecule has 0 aliphatic heterocycles. The van der Waals surface area contributed by atoms with Crippen LogP contribution in [0.3, 0.4) is 0 Å². The molecule has 1 rings (SSSR count). The summed E-state index contributed by atoms with van der Waals surface area (Å²) in [5.74, 6) is 0.525. The van der Waals surface area contributed by atoms with Crippen LogP contribution in [0.4, 0.5) is 0 Å². The van der Waals surface area contributed by atoms with Gasteiger partial charge in [0.15, 0.2) is 0 Å². The molecule has 0 saturated carbocycles. The Labute approximate surface area is 125 Å². The number of ether oxygens (including phenoxy) is 1. The smallest absolute Gasteiger partial charge is 0 e. The topological polar surface area (TPSA) is 68.9 Å². The quantitative estimate of drug-likeness (QED) is 0.625. The van der Waals surface area contributed by atoms with Gasteiger partial charge in [-0.15, -0.1) is 0 Å². The average molecular weight is 300 g/mol. The second-order valence-electron chi connectivity index (χ2n) is 3.31. The molecule has 0 aliphatic rings. The average Bonchev–Trinajstić information content (AvgIpc) is 2.47. The van der Waals surface area contributed by atoms with Crippen LogP contribution in [0.1, 0.15) is 25.5 Å². The summed E-state index contributed by atoms with van der Waals surface area (Å²) in [4.78, 5) is 0. The van der Waals surface area contributed by atoms with E-state index in [0.29, 0.717) is 5.92 Å². The molecule has 0 amide bonds. The van der Waals surface area contributed by atoms with Gasteiger partial charge in [0, 0.05) is 24.5 Å². The van der Waals surface area contributed by atoms with Crippen molar-refractivity contribution in [3.8, 4) is 0 Å². The molecule has 0 bridgehead atoms. The second kappa shape index (κ2) is 22.1. The monoisotopic (exact) mass is 300 g/mol. The summed E-state index contributed by atoms with van der Waals surface area (Å²) in [6.07, 6.45) is 0.228. The molecule has 0 heterocycles. The van der Waals surface area contributed by atoms with E-state index in [-0.39, 0.29) is 23.5 Å². The fraction of sp³-hybridized carbons (Fsp3) is 0.357. The van der Waals surface area contributed by atoms with E-state index in [2.05, 4.69) is 45.9 Å². The predicted octanol–water partition coefficient (Wildman–Crippen LogP) is 2.92. The fourth-order valence-electron chi connectivity index (χ4n) is 1.44. The molecular weight excluding hydrogens is 284 g/mol. The minimum Gasteiger partial charge on any atom is 0 e. The molecule has 0 N–H and O–H groups in total. The van der Waals surface area contributed by atoms with Gasteiger partial charge in [-0.1, -0.05) is 44.2 Å². The van der Waals surface area contributed by atoms with Crippen LogP contribution in [0.2, 0.25) is 0 Å². The maximum absolute atomic E-state index is 7.50. The van der Waals surface area contributed by atoms with E-state index in [4.69, 9.17) is 18.7 Å². The first-order chi connectivity index (χ1) is 8.75. The first-order valence-electron chi connectivity index (χ1n) is 4.94. The van der Waals surface area contributed by atoms with Gasteiger partial charge in [-0.3, -0.25) is 0 Å². The minimum atomic E-state index is 0. The zero-order valence-electron chi connectivity index (χ0n) is 11.1. The maximum Gasteiger partial charge on any atom is 0 e. The van der Waals surface area contributed by atoms with Crippen molar-refractivity contribution >= 4 is 0 Å². The Kier molecular flexibility index (Phi) is 30.9. The van der Waals surface area contributed by atoms with Gasteiger partial charge < -0.3 is 4.74 Å². The summed E-state index contributed by atoms with van der Waals surface area (Å²) < 4.78 is 27.9. The van der Waals surface area contributed by atoms with E-state index in [1.807, 2.05) is 18.2 Å². The Balaban J connectivity index is -0.000000142. The van der Waals surface area contributed by atoms with Crippen LogP contribution in [0.25, 0.3) is 0 Å². The van der Waals surface area contributed by atoms with Crippen LogP contribution < -0.4 is 0 Å². The Morgan fingerprint density at radius 3 is 1.53 bits per heavy atom. The third-order valence-corrected chi connectivity index (χ3v) is 1.99. The van der Waals surface area contributed by atoms with E-state index in [1.165, 1.54) is 5.56 Å². The Hall–Kier alpha value is -1.07. The number of rotatable bonds is 3. The third-order valence-electron chi connectivity index (χ3n) is 1.99. The largest absolute Gasteiger partial charge is 0 e. The van der Waals surface area contributed by atoms with Crippen LogP contribution in [0, 0.1) is 25.9 Å². The zero-order valence-corrected chi connectivity index (χ0v) is 12.4. The molecular formula is C14H16CrO4. The number of methoxy groups -OCH3 is 1. The van der Waals surface area contributed by atoms with Gasteiger partial charge in [-0.25, -0.2) is 0 Å². The van der Waals surface area contributed by atoms with Crippen molar-refractivity contribution in [2.24, 2.45) is 5.92 Å². The van der Waals surface area contributed by atoms with E-state index >= 15 is 0 Å². The Morgan fingerprint density at radius 1 is 0.895 bits per heavy atom. The predicted molar refractivity (Wildman–Crippen MR) is 62.8 cm³/mol. The Morgan fingerprint density at radius 2 is 1.26 bits per heavy atom. The molecule has 0 spiro atoms. The molecule has 0 radical (unpaired) electrons. The van der Waals surface area contributed by atoms with Crippen LogP contribution in [-0.2, 0) is 36.1 Å². The van der Waals surface area contributed by atoms with Crippen LogP contribution in [-0.4, -0.2) is 7.11 Å². The normalized spacial score (nSPS) is 8.74. The molecule has 1 aromatic carbocycles. The van der Waals surface area contributed by atoms with Crippen molar-refractivity contribution in [1.82, 2.24) is 0 Å². The van der Waals surface area contributed by atoms with E-state index < -0.39 is 0 Å². The van der Waals surface area contributed by atoms with Gasteiger partial charge in [-0.05, 0) is 11.5 Å². The molecule has 0 fully saturated rings. The molecule has 1 unspecified atom stereocenters. The first kappa shape index (κ1) is 26.5. The summed E-state index contributed by atoms with van der Waals surface area (Å²) in [7, 11) is 1.76. The maximum atomic E-state index is 7.50. The zero-order chi connectivity index (χ0) is 15.0. The van der Waals surface area contributed by atoms with Gasteiger partial charge in [0.25, 0.3) is 0 Å². The SMILES string of the molecule is COC(c1ccccc1)C(C)C.[C-]#[O+].[C-]#[O+].[C-]#[O+].[Cr]. The second-order valence-corrected chi connectivity index (χ2v) is 3.31. The summed E-state index contributed by atoms with van der Waals surface area (Å²) in [6.45, 7) is 17.8. The molecule has 0 saturated heterocycles. The summed E-state index contributed by atoms with van der Waals surface area (Å²) in [5, 5.41) is 0. The van der Waals surface area contributed by atoms with Crippen LogP contribution in [0.15, 0.2) is 30.3 Å².